The zero-order valence-corrected chi connectivity index (χ0v) is 16.2. The van der Waals surface area contributed by atoms with Crippen LogP contribution in [0.2, 0.25) is 0 Å². The fourth-order valence-corrected chi connectivity index (χ4v) is 7.16. The molecule has 138 valence electrons. The third kappa shape index (κ3) is 4.54. The van der Waals surface area contributed by atoms with E-state index >= 15 is 0 Å². The lowest BCUT2D eigenvalue weighted by Crippen LogP contribution is -3.00. The average Bonchev–Trinajstić information content (AvgIpc) is 2.67. The molecule has 0 aliphatic heterocycles. The van der Waals surface area contributed by atoms with E-state index in [1.807, 2.05) is 91.0 Å². The Balaban J connectivity index is 0.00000261. The molecule has 3 aromatic carbocycles. The van der Waals surface area contributed by atoms with Gasteiger partial charge in [-0.3, -0.25) is 10.1 Å². The fourth-order valence-electron chi connectivity index (χ4n) is 3.16. The molecular weight excluding hydrogens is 379 g/mol. The Labute approximate surface area is 165 Å². The number of amides is 3. The highest BCUT2D eigenvalue weighted by atomic mass is 35.5. The highest BCUT2D eigenvalue weighted by molar-refractivity contribution is 7.96. The van der Waals surface area contributed by atoms with Gasteiger partial charge < -0.3 is 18.1 Å². The Morgan fingerprint density at radius 3 is 1.33 bits per heavy atom. The topological polar surface area (TPSA) is 72.2 Å². The van der Waals surface area contributed by atoms with Gasteiger partial charge in [-0.2, -0.15) is 0 Å². The highest BCUT2D eigenvalue weighted by Gasteiger charge is 2.47. The first-order valence-corrected chi connectivity index (χ1v) is 10.2. The van der Waals surface area contributed by atoms with Crippen molar-refractivity contribution in [2.45, 2.75) is 0 Å². The van der Waals surface area contributed by atoms with Crippen LogP contribution >= 0.6 is 7.26 Å². The maximum atomic E-state index is 12.6. The van der Waals surface area contributed by atoms with Crippen LogP contribution in [-0.2, 0) is 4.79 Å². The SMILES string of the molecule is NC(=O)NC(=O)C[P+](c1ccccc1)(c1ccccc1)c1ccccc1.[Cl-]. The molecule has 3 rings (SSSR count). The largest absolute Gasteiger partial charge is 1.00 e. The molecule has 0 aliphatic rings. The van der Waals surface area contributed by atoms with E-state index in [-0.39, 0.29) is 24.5 Å². The van der Waals surface area contributed by atoms with Gasteiger partial charge in [0.1, 0.15) is 23.2 Å². The minimum atomic E-state index is -2.29. The number of primary amides is 1. The molecule has 0 radical (unpaired) electrons. The second kappa shape index (κ2) is 9.31. The summed E-state index contributed by atoms with van der Waals surface area (Å²) in [4.78, 5) is 23.8. The molecule has 4 nitrogen and oxygen atoms in total. The van der Waals surface area contributed by atoms with E-state index in [9.17, 15) is 9.59 Å². The van der Waals surface area contributed by atoms with Crippen molar-refractivity contribution in [1.29, 1.82) is 0 Å². The molecular formula is C21H20ClN2O2P. The standard InChI is InChI=1S/C21H19N2O2P.ClH/c22-21(25)23-20(24)16-26(17-10-4-1-5-11-17,18-12-6-2-7-13-18)19-14-8-3-9-15-19;/h1-15H,16H2,(H2-,22,23,24,25);1H. The number of carbonyl (C=O) groups excluding carboxylic acids is 2. The van der Waals surface area contributed by atoms with Crippen LogP contribution in [0.4, 0.5) is 4.79 Å². The van der Waals surface area contributed by atoms with Crippen molar-refractivity contribution >= 4 is 35.1 Å². The van der Waals surface area contributed by atoms with Gasteiger partial charge in [-0.15, -0.1) is 0 Å². The van der Waals surface area contributed by atoms with Crippen LogP contribution in [-0.4, -0.2) is 18.1 Å². The van der Waals surface area contributed by atoms with Crippen molar-refractivity contribution in [2.24, 2.45) is 5.73 Å². The molecule has 3 amide bonds. The van der Waals surface area contributed by atoms with Crippen LogP contribution in [0.25, 0.3) is 0 Å². The van der Waals surface area contributed by atoms with E-state index in [1.54, 1.807) is 0 Å². The lowest BCUT2D eigenvalue weighted by atomic mass is 10.4. The summed E-state index contributed by atoms with van der Waals surface area (Å²) in [6, 6.07) is 29.2. The Hall–Kier alpha value is -2.68. The van der Waals surface area contributed by atoms with Crippen molar-refractivity contribution in [2.75, 3.05) is 6.16 Å². The third-order valence-electron chi connectivity index (χ3n) is 4.23. The number of nitrogens with two attached hydrogens (primary N) is 1. The minimum absolute atomic E-state index is 0. The molecule has 0 saturated carbocycles. The Morgan fingerprint density at radius 2 is 1.04 bits per heavy atom. The molecule has 0 atom stereocenters. The minimum Gasteiger partial charge on any atom is -1.00 e. The van der Waals surface area contributed by atoms with Gasteiger partial charge in [-0.25, -0.2) is 4.79 Å². The van der Waals surface area contributed by atoms with Crippen LogP contribution < -0.4 is 39.4 Å². The quantitative estimate of drug-likeness (QED) is 0.551. The Kier molecular flexibility index (Phi) is 7.12. The normalized spacial score (nSPS) is 10.5. The molecule has 6 heteroatoms. The third-order valence-corrected chi connectivity index (χ3v) is 8.53. The zero-order chi connectivity index (χ0) is 18.4. The number of rotatable bonds is 5. The van der Waals surface area contributed by atoms with E-state index in [4.69, 9.17) is 5.73 Å². The summed E-state index contributed by atoms with van der Waals surface area (Å²) in [6.07, 6.45) is 0.175. The van der Waals surface area contributed by atoms with Crippen molar-refractivity contribution in [3.63, 3.8) is 0 Å². The molecule has 0 bridgehead atoms. The van der Waals surface area contributed by atoms with Gasteiger partial charge in [0.15, 0.2) is 6.16 Å². The molecule has 0 saturated heterocycles. The first-order chi connectivity index (χ1) is 12.6. The smallest absolute Gasteiger partial charge is 0.318 e. The Morgan fingerprint density at radius 1 is 0.704 bits per heavy atom. The van der Waals surface area contributed by atoms with Gasteiger partial charge in [0, 0.05) is 0 Å². The summed E-state index contributed by atoms with van der Waals surface area (Å²) >= 11 is 0. The molecule has 0 aromatic heterocycles. The first-order valence-electron chi connectivity index (χ1n) is 8.27. The predicted octanol–water partition coefficient (Wildman–Crippen LogP) is -0.821. The van der Waals surface area contributed by atoms with Crippen molar-refractivity contribution < 1.29 is 22.0 Å². The van der Waals surface area contributed by atoms with Crippen LogP contribution in [0.3, 0.4) is 0 Å². The first kappa shape index (κ1) is 20.6. The van der Waals surface area contributed by atoms with Gasteiger partial charge in [0.25, 0.3) is 5.91 Å². The highest BCUT2D eigenvalue weighted by Crippen LogP contribution is 2.54. The maximum Gasteiger partial charge on any atom is 0.318 e. The summed E-state index contributed by atoms with van der Waals surface area (Å²) in [7, 11) is -2.29. The van der Waals surface area contributed by atoms with Crippen molar-refractivity contribution in [3.8, 4) is 0 Å². The Bertz CT molecular complexity index is 793. The molecule has 3 N–H and O–H groups in total. The molecule has 0 heterocycles. The molecule has 27 heavy (non-hydrogen) atoms. The van der Waals surface area contributed by atoms with Gasteiger partial charge in [0.05, 0.1) is 0 Å². The van der Waals surface area contributed by atoms with Crippen LogP contribution in [0.5, 0.6) is 0 Å². The summed E-state index contributed by atoms with van der Waals surface area (Å²) in [5, 5.41) is 5.48. The van der Waals surface area contributed by atoms with Crippen LogP contribution in [0.1, 0.15) is 0 Å². The van der Waals surface area contributed by atoms with E-state index in [1.165, 1.54) is 0 Å². The van der Waals surface area contributed by atoms with Crippen molar-refractivity contribution in [1.82, 2.24) is 5.32 Å². The molecule has 0 fully saturated rings. The summed E-state index contributed by atoms with van der Waals surface area (Å²) in [6.45, 7) is 0. The lowest BCUT2D eigenvalue weighted by Gasteiger charge is -2.26. The van der Waals surface area contributed by atoms with E-state index in [2.05, 4.69) is 5.32 Å². The van der Waals surface area contributed by atoms with Crippen LogP contribution in [0.15, 0.2) is 91.0 Å². The number of carbonyl (C=O) groups is 2. The van der Waals surface area contributed by atoms with Gasteiger partial charge >= 0.3 is 6.03 Å². The van der Waals surface area contributed by atoms with Crippen LogP contribution in [0, 0.1) is 0 Å². The number of imide groups is 1. The zero-order valence-electron chi connectivity index (χ0n) is 14.6. The van der Waals surface area contributed by atoms with Gasteiger partial charge in [-0.05, 0) is 36.4 Å². The van der Waals surface area contributed by atoms with Gasteiger partial charge in [-0.1, -0.05) is 54.6 Å². The molecule has 0 aliphatic carbocycles. The average molecular weight is 399 g/mol. The number of benzene rings is 3. The second-order valence-corrected chi connectivity index (χ2v) is 9.37. The van der Waals surface area contributed by atoms with E-state index in [0.29, 0.717) is 0 Å². The van der Waals surface area contributed by atoms with E-state index in [0.717, 1.165) is 15.9 Å². The number of halogens is 1. The van der Waals surface area contributed by atoms with E-state index < -0.39 is 13.3 Å². The summed E-state index contributed by atoms with van der Waals surface area (Å²) in [5.74, 6) is -0.373. The monoisotopic (exact) mass is 398 g/mol. The molecule has 3 aromatic rings. The lowest BCUT2D eigenvalue weighted by molar-refractivity contribution is -0.117. The fraction of sp³-hybridized carbons (Fsp3) is 0.0476. The van der Waals surface area contributed by atoms with Gasteiger partial charge in [0.2, 0.25) is 0 Å². The summed E-state index contributed by atoms with van der Waals surface area (Å²) < 4.78 is 0. The second-order valence-electron chi connectivity index (χ2n) is 5.89. The maximum absolute atomic E-state index is 12.6. The van der Waals surface area contributed by atoms with Crippen molar-refractivity contribution in [3.05, 3.63) is 91.0 Å². The number of nitrogens with one attached hydrogen (secondary N) is 1. The number of urea groups is 1. The molecule has 0 spiro atoms. The number of hydrogen-bond acceptors (Lipinski definition) is 2. The molecule has 0 unspecified atom stereocenters. The predicted molar refractivity (Wildman–Crippen MR) is 108 cm³/mol. The number of hydrogen-bond donors (Lipinski definition) is 2. The summed E-state index contributed by atoms with van der Waals surface area (Å²) in [5.41, 5.74) is 5.17.